The molecule has 0 spiro atoms. The van der Waals surface area contributed by atoms with Crippen molar-refractivity contribution in [1.29, 1.82) is 0 Å². The molecule has 1 fully saturated rings. The molecule has 0 radical (unpaired) electrons. The van der Waals surface area contributed by atoms with E-state index in [-0.39, 0.29) is 18.9 Å². The molecular formula is C17H17NO5. The summed E-state index contributed by atoms with van der Waals surface area (Å²) >= 11 is 0. The van der Waals surface area contributed by atoms with E-state index in [0.717, 1.165) is 5.56 Å². The van der Waals surface area contributed by atoms with Gasteiger partial charge in [0.15, 0.2) is 0 Å². The van der Waals surface area contributed by atoms with Crippen LogP contribution in [0.3, 0.4) is 0 Å². The summed E-state index contributed by atoms with van der Waals surface area (Å²) in [6, 6.07) is 10.1. The first kappa shape index (κ1) is 15.1. The van der Waals surface area contributed by atoms with Crippen molar-refractivity contribution in [3.8, 4) is 5.75 Å². The lowest BCUT2D eigenvalue weighted by atomic mass is 9.93. The van der Waals surface area contributed by atoms with Crippen LogP contribution in [0, 0.1) is 5.92 Å². The van der Waals surface area contributed by atoms with Gasteiger partial charge in [0.2, 0.25) is 5.91 Å². The number of hydrogen-bond acceptors (Lipinski definition) is 4. The number of rotatable bonds is 5. The van der Waals surface area contributed by atoms with Crippen molar-refractivity contribution in [2.45, 2.75) is 19.0 Å². The van der Waals surface area contributed by atoms with Gasteiger partial charge in [-0.3, -0.25) is 9.59 Å². The Labute approximate surface area is 133 Å². The van der Waals surface area contributed by atoms with Crippen LogP contribution >= 0.6 is 0 Å². The minimum Gasteiger partial charge on any atom is -0.497 e. The zero-order valence-corrected chi connectivity index (χ0v) is 12.6. The molecule has 6 nitrogen and oxygen atoms in total. The summed E-state index contributed by atoms with van der Waals surface area (Å²) in [6.07, 6.45) is 1.53. The zero-order valence-electron chi connectivity index (χ0n) is 12.6. The number of hydrogen-bond donors (Lipinski definition) is 1. The maximum atomic E-state index is 12.3. The molecule has 0 saturated carbocycles. The highest BCUT2D eigenvalue weighted by atomic mass is 16.5. The highest BCUT2D eigenvalue weighted by Crippen LogP contribution is 2.39. The fourth-order valence-corrected chi connectivity index (χ4v) is 2.98. The number of likely N-dealkylation sites (tertiary alicyclic amines) is 1. The van der Waals surface area contributed by atoms with E-state index in [9.17, 15) is 14.7 Å². The third-order valence-electron chi connectivity index (χ3n) is 4.11. The van der Waals surface area contributed by atoms with E-state index in [1.807, 2.05) is 0 Å². The maximum Gasteiger partial charge on any atom is 0.309 e. The van der Waals surface area contributed by atoms with Crippen molar-refractivity contribution in [2.75, 3.05) is 7.11 Å². The van der Waals surface area contributed by atoms with Gasteiger partial charge in [0.05, 0.1) is 31.9 Å². The van der Waals surface area contributed by atoms with E-state index < -0.39 is 17.9 Å². The van der Waals surface area contributed by atoms with Gasteiger partial charge in [-0.25, -0.2) is 0 Å². The van der Waals surface area contributed by atoms with Gasteiger partial charge in [-0.2, -0.15) is 0 Å². The van der Waals surface area contributed by atoms with E-state index in [1.165, 1.54) is 6.26 Å². The largest absolute Gasteiger partial charge is 0.497 e. The standard InChI is InChI=1S/C17H17NO5/c1-22-12-6-4-11(5-7-12)16-14(17(20)21)9-15(19)18(16)10-13-3-2-8-23-13/h2-8,14,16H,9-10H2,1H3,(H,20,21)/t14-,16+/m1/s1. The van der Waals surface area contributed by atoms with Gasteiger partial charge in [0.1, 0.15) is 11.5 Å². The summed E-state index contributed by atoms with van der Waals surface area (Å²) in [6.45, 7) is 0.256. The lowest BCUT2D eigenvalue weighted by Gasteiger charge is -2.26. The van der Waals surface area contributed by atoms with Crippen molar-refractivity contribution in [1.82, 2.24) is 4.90 Å². The number of amides is 1. The second kappa shape index (κ2) is 6.16. The number of ether oxygens (including phenoxy) is 1. The minimum absolute atomic E-state index is 0.00720. The molecule has 1 aliphatic heterocycles. The number of benzene rings is 1. The molecule has 1 amide bonds. The third kappa shape index (κ3) is 2.92. The second-order valence-electron chi connectivity index (χ2n) is 5.47. The Kier molecular flexibility index (Phi) is 4.06. The van der Waals surface area contributed by atoms with Gasteiger partial charge in [-0.05, 0) is 29.8 Å². The molecule has 2 atom stereocenters. The Balaban J connectivity index is 1.94. The summed E-state index contributed by atoms with van der Waals surface area (Å²) in [5.41, 5.74) is 0.774. The Hall–Kier alpha value is -2.76. The molecule has 1 N–H and O–H groups in total. The quantitative estimate of drug-likeness (QED) is 0.917. The number of carbonyl (C=O) groups is 2. The summed E-state index contributed by atoms with van der Waals surface area (Å²) in [5, 5.41) is 9.48. The molecule has 1 aliphatic rings. The van der Waals surface area contributed by atoms with Crippen LogP contribution in [0.5, 0.6) is 5.75 Å². The Morgan fingerprint density at radius 1 is 1.35 bits per heavy atom. The van der Waals surface area contributed by atoms with Crippen LogP contribution in [0.4, 0.5) is 0 Å². The molecule has 6 heteroatoms. The molecule has 0 unspecified atom stereocenters. The normalized spacial score (nSPS) is 20.7. The number of methoxy groups -OCH3 is 1. The van der Waals surface area contributed by atoms with E-state index in [0.29, 0.717) is 11.5 Å². The first-order valence-electron chi connectivity index (χ1n) is 7.28. The number of furan rings is 1. The van der Waals surface area contributed by atoms with Crippen molar-refractivity contribution in [2.24, 2.45) is 5.92 Å². The topological polar surface area (TPSA) is 80.0 Å². The monoisotopic (exact) mass is 315 g/mol. The number of carboxylic acids is 1. The molecule has 1 aromatic heterocycles. The Bertz CT molecular complexity index is 692. The van der Waals surface area contributed by atoms with Crippen molar-refractivity contribution in [3.63, 3.8) is 0 Å². The van der Waals surface area contributed by atoms with Crippen LogP contribution < -0.4 is 4.74 Å². The molecule has 1 saturated heterocycles. The smallest absolute Gasteiger partial charge is 0.309 e. The lowest BCUT2D eigenvalue weighted by Crippen LogP contribution is -2.30. The van der Waals surface area contributed by atoms with Crippen molar-refractivity contribution in [3.05, 3.63) is 54.0 Å². The van der Waals surface area contributed by atoms with Crippen LogP contribution in [0.2, 0.25) is 0 Å². The summed E-state index contributed by atoms with van der Waals surface area (Å²) < 4.78 is 10.4. The maximum absolute atomic E-state index is 12.3. The summed E-state index contributed by atoms with van der Waals surface area (Å²) in [4.78, 5) is 25.5. The minimum atomic E-state index is -0.971. The van der Waals surface area contributed by atoms with E-state index in [1.54, 1.807) is 48.4 Å². The van der Waals surface area contributed by atoms with Crippen LogP contribution in [-0.2, 0) is 16.1 Å². The molecule has 2 aromatic rings. The Morgan fingerprint density at radius 3 is 2.65 bits per heavy atom. The fraction of sp³-hybridized carbons (Fsp3) is 0.294. The lowest BCUT2D eigenvalue weighted by molar-refractivity contribution is -0.142. The van der Waals surface area contributed by atoms with Gasteiger partial charge in [0.25, 0.3) is 0 Å². The van der Waals surface area contributed by atoms with E-state index in [2.05, 4.69) is 0 Å². The van der Waals surface area contributed by atoms with Crippen molar-refractivity contribution < 1.29 is 23.8 Å². The fourth-order valence-electron chi connectivity index (χ4n) is 2.98. The zero-order chi connectivity index (χ0) is 16.4. The molecule has 0 bridgehead atoms. The average Bonchev–Trinajstić information content (AvgIpc) is 3.17. The average molecular weight is 315 g/mol. The SMILES string of the molecule is COc1ccc([C@H]2[C@H](C(=O)O)CC(=O)N2Cc2ccco2)cc1. The highest BCUT2D eigenvalue weighted by molar-refractivity contribution is 5.87. The number of aliphatic carboxylic acids is 1. The third-order valence-corrected chi connectivity index (χ3v) is 4.11. The molecule has 3 rings (SSSR count). The predicted molar refractivity (Wildman–Crippen MR) is 80.7 cm³/mol. The molecule has 120 valence electrons. The summed E-state index contributed by atoms with van der Waals surface area (Å²) in [7, 11) is 1.57. The number of nitrogens with zero attached hydrogens (tertiary/aromatic N) is 1. The highest BCUT2D eigenvalue weighted by Gasteiger charge is 2.44. The van der Waals surface area contributed by atoms with E-state index >= 15 is 0 Å². The first-order valence-corrected chi connectivity index (χ1v) is 7.28. The van der Waals surface area contributed by atoms with Gasteiger partial charge >= 0.3 is 5.97 Å². The summed E-state index contributed by atoms with van der Waals surface area (Å²) in [5.74, 6) is -0.618. The van der Waals surface area contributed by atoms with Gasteiger partial charge in [0, 0.05) is 6.42 Å². The van der Waals surface area contributed by atoms with Crippen LogP contribution in [0.1, 0.15) is 23.8 Å². The second-order valence-corrected chi connectivity index (χ2v) is 5.47. The molecule has 2 heterocycles. The van der Waals surface area contributed by atoms with E-state index in [4.69, 9.17) is 9.15 Å². The molecule has 23 heavy (non-hydrogen) atoms. The van der Waals surface area contributed by atoms with Crippen LogP contribution in [0.15, 0.2) is 47.1 Å². The van der Waals surface area contributed by atoms with Gasteiger partial charge < -0.3 is 19.2 Å². The van der Waals surface area contributed by atoms with Gasteiger partial charge in [-0.15, -0.1) is 0 Å². The number of carbonyl (C=O) groups excluding carboxylic acids is 1. The number of carboxylic acid groups (broad SMARTS) is 1. The molecule has 1 aromatic carbocycles. The van der Waals surface area contributed by atoms with Crippen molar-refractivity contribution >= 4 is 11.9 Å². The predicted octanol–water partition coefficient (Wildman–Crippen LogP) is 2.46. The van der Waals surface area contributed by atoms with Crippen LogP contribution in [-0.4, -0.2) is 29.0 Å². The van der Waals surface area contributed by atoms with Gasteiger partial charge in [-0.1, -0.05) is 12.1 Å². The van der Waals surface area contributed by atoms with Crippen LogP contribution in [0.25, 0.3) is 0 Å². The molecular weight excluding hydrogens is 298 g/mol. The Morgan fingerprint density at radius 2 is 2.09 bits per heavy atom. The first-order chi connectivity index (χ1) is 11.1. The molecule has 0 aliphatic carbocycles.